The Bertz CT molecular complexity index is 651. The number of pyridine rings is 1. The summed E-state index contributed by atoms with van der Waals surface area (Å²) < 4.78 is 5.34. The van der Waals surface area contributed by atoms with Crippen molar-refractivity contribution in [2.24, 2.45) is 0 Å². The summed E-state index contributed by atoms with van der Waals surface area (Å²) in [6.07, 6.45) is 4.95. The summed E-state index contributed by atoms with van der Waals surface area (Å²) in [4.78, 5) is 12.8. The molecule has 5 nitrogen and oxygen atoms in total. The van der Waals surface area contributed by atoms with Gasteiger partial charge in [-0.05, 0) is 31.2 Å². The van der Waals surface area contributed by atoms with Crippen molar-refractivity contribution >= 4 is 17.0 Å². The summed E-state index contributed by atoms with van der Waals surface area (Å²) >= 11 is 0. The van der Waals surface area contributed by atoms with Gasteiger partial charge in [0.2, 0.25) is 0 Å². The molecule has 3 aromatic heterocycles. The Hall–Kier alpha value is -2.43. The molecule has 90 valence electrons. The summed E-state index contributed by atoms with van der Waals surface area (Å²) in [5.74, 6) is 1.63. The fourth-order valence-corrected chi connectivity index (χ4v) is 1.77. The van der Waals surface area contributed by atoms with E-state index in [1.165, 1.54) is 0 Å². The van der Waals surface area contributed by atoms with Crippen molar-refractivity contribution in [3.05, 3.63) is 48.7 Å². The predicted octanol–water partition coefficient (Wildman–Crippen LogP) is 2.79. The Labute approximate surface area is 104 Å². The lowest BCUT2D eigenvalue weighted by Gasteiger charge is -2.11. The molecule has 0 aliphatic heterocycles. The van der Waals surface area contributed by atoms with Gasteiger partial charge in [-0.1, -0.05) is 0 Å². The quantitative estimate of drug-likeness (QED) is 0.762. The fraction of sp³-hybridized carbons (Fsp3) is 0.154. The van der Waals surface area contributed by atoms with Crippen LogP contribution in [0.5, 0.6) is 0 Å². The van der Waals surface area contributed by atoms with Gasteiger partial charge >= 0.3 is 0 Å². The molecule has 3 rings (SSSR count). The second kappa shape index (κ2) is 4.44. The number of fused-ring (bicyclic) bond motifs is 1. The normalized spacial score (nSPS) is 12.5. The lowest BCUT2D eigenvalue weighted by Crippen LogP contribution is -2.07. The monoisotopic (exact) mass is 240 g/mol. The van der Waals surface area contributed by atoms with E-state index in [0.717, 1.165) is 17.1 Å². The molecule has 18 heavy (non-hydrogen) atoms. The van der Waals surface area contributed by atoms with Crippen LogP contribution in [0.3, 0.4) is 0 Å². The molecule has 1 atom stereocenters. The lowest BCUT2D eigenvalue weighted by atomic mass is 10.2. The number of aromatic nitrogens is 3. The molecule has 0 aliphatic rings. The average Bonchev–Trinajstić information content (AvgIpc) is 2.92. The highest BCUT2D eigenvalue weighted by Gasteiger charge is 2.09. The first kappa shape index (κ1) is 10.7. The van der Waals surface area contributed by atoms with E-state index < -0.39 is 0 Å². The maximum absolute atomic E-state index is 5.34. The minimum Gasteiger partial charge on any atom is -0.467 e. The molecule has 0 saturated heterocycles. The zero-order valence-corrected chi connectivity index (χ0v) is 9.87. The molecule has 0 saturated carbocycles. The zero-order valence-electron chi connectivity index (χ0n) is 9.87. The smallest absolute Gasteiger partial charge is 0.180 e. The Balaban J connectivity index is 1.86. The van der Waals surface area contributed by atoms with Crippen LogP contribution < -0.4 is 5.32 Å². The third-order valence-electron chi connectivity index (χ3n) is 2.67. The van der Waals surface area contributed by atoms with Crippen LogP contribution in [0.4, 0.5) is 5.82 Å². The molecule has 0 bridgehead atoms. The highest BCUT2D eigenvalue weighted by Crippen LogP contribution is 2.19. The van der Waals surface area contributed by atoms with E-state index in [-0.39, 0.29) is 6.04 Å². The highest BCUT2D eigenvalue weighted by molar-refractivity contribution is 5.71. The number of hydrogen-bond acceptors (Lipinski definition) is 5. The topological polar surface area (TPSA) is 63.8 Å². The maximum Gasteiger partial charge on any atom is 0.180 e. The van der Waals surface area contributed by atoms with Crippen LogP contribution in [-0.2, 0) is 0 Å². The van der Waals surface area contributed by atoms with Crippen molar-refractivity contribution in [3.63, 3.8) is 0 Å². The van der Waals surface area contributed by atoms with E-state index in [0.29, 0.717) is 5.65 Å². The number of nitrogens with zero attached hydrogens (tertiary/aromatic N) is 3. The molecular weight excluding hydrogens is 228 g/mol. The summed E-state index contributed by atoms with van der Waals surface area (Å²) in [5, 5.41) is 3.26. The number of anilines is 1. The SMILES string of the molecule is CC(Nc1ccc2nccnc2n1)c1ccco1. The van der Waals surface area contributed by atoms with Crippen LogP contribution in [0.25, 0.3) is 11.2 Å². The van der Waals surface area contributed by atoms with E-state index in [4.69, 9.17) is 4.42 Å². The average molecular weight is 240 g/mol. The summed E-state index contributed by atoms with van der Waals surface area (Å²) in [6, 6.07) is 7.63. The zero-order chi connectivity index (χ0) is 12.4. The molecule has 0 amide bonds. The van der Waals surface area contributed by atoms with Gasteiger partial charge in [0.15, 0.2) is 5.65 Å². The molecule has 0 aliphatic carbocycles. The van der Waals surface area contributed by atoms with Gasteiger partial charge in [-0.15, -0.1) is 0 Å². The molecule has 3 aromatic rings. The van der Waals surface area contributed by atoms with Crippen LogP contribution in [0, 0.1) is 0 Å². The van der Waals surface area contributed by atoms with Crippen molar-refractivity contribution in [1.82, 2.24) is 15.0 Å². The minimum atomic E-state index is 0.0571. The van der Waals surface area contributed by atoms with Crippen molar-refractivity contribution < 1.29 is 4.42 Å². The summed E-state index contributed by atoms with van der Waals surface area (Å²) in [7, 11) is 0. The molecular formula is C13H12N4O. The highest BCUT2D eigenvalue weighted by atomic mass is 16.3. The Kier molecular flexibility index (Phi) is 2.64. The molecule has 1 N–H and O–H groups in total. The van der Waals surface area contributed by atoms with E-state index in [1.54, 1.807) is 18.7 Å². The molecule has 0 fully saturated rings. The van der Waals surface area contributed by atoms with Crippen LogP contribution in [0.15, 0.2) is 47.3 Å². The van der Waals surface area contributed by atoms with Gasteiger partial charge in [-0.25, -0.2) is 9.97 Å². The van der Waals surface area contributed by atoms with Gasteiger partial charge in [0.25, 0.3) is 0 Å². The van der Waals surface area contributed by atoms with Gasteiger partial charge < -0.3 is 9.73 Å². The first-order chi connectivity index (χ1) is 8.83. The van der Waals surface area contributed by atoms with Crippen LogP contribution in [-0.4, -0.2) is 15.0 Å². The fourth-order valence-electron chi connectivity index (χ4n) is 1.77. The van der Waals surface area contributed by atoms with Gasteiger partial charge in [0.05, 0.1) is 12.3 Å². The molecule has 1 unspecified atom stereocenters. The minimum absolute atomic E-state index is 0.0571. The Morgan fingerprint density at radius 3 is 2.89 bits per heavy atom. The van der Waals surface area contributed by atoms with Crippen molar-refractivity contribution in [2.45, 2.75) is 13.0 Å². The van der Waals surface area contributed by atoms with E-state index >= 15 is 0 Å². The van der Waals surface area contributed by atoms with Crippen LogP contribution in [0.1, 0.15) is 18.7 Å². The number of rotatable bonds is 3. The van der Waals surface area contributed by atoms with Crippen LogP contribution in [0.2, 0.25) is 0 Å². The van der Waals surface area contributed by atoms with Crippen molar-refractivity contribution in [1.29, 1.82) is 0 Å². The van der Waals surface area contributed by atoms with Gasteiger partial charge in [-0.3, -0.25) is 4.98 Å². The first-order valence-electron chi connectivity index (χ1n) is 5.70. The third kappa shape index (κ3) is 2.02. The molecule has 0 radical (unpaired) electrons. The van der Waals surface area contributed by atoms with E-state index in [1.807, 2.05) is 31.2 Å². The standard InChI is InChI=1S/C13H12N4O/c1-9(11-3-2-8-18-11)16-12-5-4-10-13(17-12)15-7-6-14-10/h2-9H,1H3,(H,15,16,17). The predicted molar refractivity (Wildman–Crippen MR) is 68.1 cm³/mol. The largest absolute Gasteiger partial charge is 0.467 e. The third-order valence-corrected chi connectivity index (χ3v) is 2.67. The summed E-state index contributed by atoms with van der Waals surface area (Å²) in [6.45, 7) is 2.02. The van der Waals surface area contributed by atoms with Gasteiger partial charge in [0, 0.05) is 12.4 Å². The molecule has 3 heterocycles. The van der Waals surface area contributed by atoms with Crippen LogP contribution >= 0.6 is 0 Å². The number of nitrogens with one attached hydrogen (secondary N) is 1. The molecule has 0 spiro atoms. The van der Waals surface area contributed by atoms with Crippen molar-refractivity contribution in [3.8, 4) is 0 Å². The first-order valence-corrected chi connectivity index (χ1v) is 5.70. The number of furan rings is 1. The molecule has 5 heteroatoms. The van der Waals surface area contributed by atoms with E-state index in [9.17, 15) is 0 Å². The maximum atomic E-state index is 5.34. The van der Waals surface area contributed by atoms with Crippen molar-refractivity contribution in [2.75, 3.05) is 5.32 Å². The Morgan fingerprint density at radius 1 is 1.17 bits per heavy atom. The Morgan fingerprint density at radius 2 is 2.06 bits per heavy atom. The second-order valence-corrected chi connectivity index (χ2v) is 3.98. The van der Waals surface area contributed by atoms with Gasteiger partial charge in [-0.2, -0.15) is 0 Å². The number of hydrogen-bond donors (Lipinski definition) is 1. The van der Waals surface area contributed by atoms with Gasteiger partial charge in [0.1, 0.15) is 17.1 Å². The second-order valence-electron chi connectivity index (χ2n) is 3.98. The molecule has 0 aromatic carbocycles. The summed E-state index contributed by atoms with van der Waals surface area (Å²) in [5.41, 5.74) is 1.42. The van der Waals surface area contributed by atoms with E-state index in [2.05, 4.69) is 20.3 Å². The lowest BCUT2D eigenvalue weighted by molar-refractivity contribution is 0.490.